The molecule has 0 bridgehead atoms. The molecule has 0 saturated heterocycles. The van der Waals surface area contributed by atoms with Gasteiger partial charge < -0.3 is 5.32 Å². The molecule has 1 N–H and O–H groups in total. The monoisotopic (exact) mass is 359 g/mol. The Morgan fingerprint density at radius 1 is 1.35 bits per heavy atom. The molecular weight excluding hydrogens is 342 g/mol. The van der Waals surface area contributed by atoms with E-state index in [0.717, 1.165) is 16.9 Å². The van der Waals surface area contributed by atoms with Gasteiger partial charge in [-0.15, -0.1) is 0 Å². The van der Waals surface area contributed by atoms with Crippen molar-refractivity contribution >= 4 is 31.9 Å². The molecule has 1 saturated carbocycles. The van der Waals surface area contributed by atoms with E-state index >= 15 is 0 Å². The lowest BCUT2D eigenvalue weighted by Gasteiger charge is -2.26. The van der Waals surface area contributed by atoms with Gasteiger partial charge in [0.2, 0.25) is 0 Å². The molecule has 2 rings (SSSR count). The molecule has 94 valence electrons. The van der Waals surface area contributed by atoms with E-state index < -0.39 is 0 Å². The number of hydrogen-bond acceptors (Lipinski definition) is 1. The first-order valence-corrected chi connectivity index (χ1v) is 7.90. The third-order valence-corrected chi connectivity index (χ3v) is 4.82. The van der Waals surface area contributed by atoms with E-state index in [9.17, 15) is 0 Å². The van der Waals surface area contributed by atoms with Crippen LogP contribution in [-0.4, -0.2) is 6.54 Å². The molecule has 1 nitrogen and oxygen atoms in total. The van der Waals surface area contributed by atoms with Crippen molar-refractivity contribution < 1.29 is 0 Å². The molecular formula is C14H19Br2N. The summed E-state index contributed by atoms with van der Waals surface area (Å²) in [6.45, 7) is 5.57. The summed E-state index contributed by atoms with van der Waals surface area (Å²) >= 11 is 7.25. The summed E-state index contributed by atoms with van der Waals surface area (Å²) in [5.41, 5.74) is 1.38. The summed E-state index contributed by atoms with van der Waals surface area (Å²) in [6, 6.07) is 6.90. The van der Waals surface area contributed by atoms with Crippen molar-refractivity contribution in [1.82, 2.24) is 5.32 Å². The van der Waals surface area contributed by atoms with E-state index in [1.165, 1.54) is 22.9 Å². The standard InChI is InChI=1S/C14H19Br2N/c1-3-17-14(9(2)10-4-5-10)12-8-11(15)6-7-13(12)16/h6-10,14,17H,3-5H2,1-2H3. The fraction of sp³-hybridized carbons (Fsp3) is 0.571. The van der Waals surface area contributed by atoms with Gasteiger partial charge in [-0.2, -0.15) is 0 Å². The smallest absolute Gasteiger partial charge is 0.0360 e. The zero-order valence-electron chi connectivity index (χ0n) is 10.3. The number of nitrogens with one attached hydrogen (secondary N) is 1. The van der Waals surface area contributed by atoms with Crippen molar-refractivity contribution in [3.63, 3.8) is 0 Å². The minimum Gasteiger partial charge on any atom is -0.310 e. The molecule has 2 atom stereocenters. The summed E-state index contributed by atoms with van der Waals surface area (Å²) in [7, 11) is 0. The highest BCUT2D eigenvalue weighted by Gasteiger charge is 2.34. The van der Waals surface area contributed by atoms with Gasteiger partial charge in [-0.1, -0.05) is 45.7 Å². The van der Waals surface area contributed by atoms with Crippen LogP contribution in [0.3, 0.4) is 0 Å². The molecule has 2 unspecified atom stereocenters. The Balaban J connectivity index is 2.27. The molecule has 0 heterocycles. The zero-order valence-corrected chi connectivity index (χ0v) is 13.5. The quantitative estimate of drug-likeness (QED) is 0.786. The van der Waals surface area contributed by atoms with Crippen LogP contribution < -0.4 is 5.32 Å². The lowest BCUT2D eigenvalue weighted by Crippen LogP contribution is -2.28. The second-order valence-corrected chi connectivity index (χ2v) is 6.67. The number of benzene rings is 1. The normalized spacial score (nSPS) is 19.1. The number of hydrogen-bond donors (Lipinski definition) is 1. The third-order valence-electron chi connectivity index (χ3n) is 3.61. The summed E-state index contributed by atoms with van der Waals surface area (Å²) < 4.78 is 2.36. The Labute approximate surface area is 121 Å². The molecule has 1 aliphatic carbocycles. The topological polar surface area (TPSA) is 12.0 Å². The van der Waals surface area contributed by atoms with Crippen molar-refractivity contribution in [3.05, 3.63) is 32.7 Å². The lowest BCUT2D eigenvalue weighted by atomic mass is 9.90. The van der Waals surface area contributed by atoms with Crippen molar-refractivity contribution in [2.45, 2.75) is 32.7 Å². The molecule has 0 spiro atoms. The average molecular weight is 361 g/mol. The van der Waals surface area contributed by atoms with E-state index in [2.05, 4.69) is 69.2 Å². The maximum atomic E-state index is 3.68. The Hall–Kier alpha value is 0.140. The van der Waals surface area contributed by atoms with E-state index in [1.807, 2.05) is 0 Å². The molecule has 1 aromatic carbocycles. The van der Waals surface area contributed by atoms with E-state index in [1.54, 1.807) is 0 Å². The molecule has 3 heteroatoms. The van der Waals surface area contributed by atoms with Crippen LogP contribution in [0.5, 0.6) is 0 Å². The van der Waals surface area contributed by atoms with E-state index in [0.29, 0.717) is 12.0 Å². The summed E-state index contributed by atoms with van der Waals surface area (Å²) in [6.07, 6.45) is 2.80. The SMILES string of the molecule is CCNC(c1cc(Br)ccc1Br)C(C)C1CC1. The maximum Gasteiger partial charge on any atom is 0.0360 e. The van der Waals surface area contributed by atoms with Crippen LogP contribution in [0.2, 0.25) is 0 Å². The zero-order chi connectivity index (χ0) is 12.4. The average Bonchev–Trinajstić information content (AvgIpc) is 3.12. The maximum absolute atomic E-state index is 3.68. The van der Waals surface area contributed by atoms with Gasteiger partial charge >= 0.3 is 0 Å². The molecule has 1 aliphatic rings. The Morgan fingerprint density at radius 3 is 2.65 bits per heavy atom. The van der Waals surface area contributed by atoms with Crippen molar-refractivity contribution in [3.8, 4) is 0 Å². The first-order valence-electron chi connectivity index (χ1n) is 6.31. The predicted octanol–water partition coefficient (Wildman–Crippen LogP) is 4.91. The van der Waals surface area contributed by atoms with Crippen LogP contribution in [0.4, 0.5) is 0 Å². The van der Waals surface area contributed by atoms with Gasteiger partial charge in [-0.25, -0.2) is 0 Å². The van der Waals surface area contributed by atoms with Crippen LogP contribution in [0.15, 0.2) is 27.1 Å². The highest BCUT2D eigenvalue weighted by molar-refractivity contribution is 9.11. The molecule has 1 fully saturated rings. The molecule has 0 amide bonds. The Bertz CT molecular complexity index is 388. The van der Waals surface area contributed by atoms with Crippen molar-refractivity contribution in [1.29, 1.82) is 0 Å². The number of rotatable bonds is 5. The van der Waals surface area contributed by atoms with Gasteiger partial charge in [-0.3, -0.25) is 0 Å². The lowest BCUT2D eigenvalue weighted by molar-refractivity contribution is 0.354. The molecule has 1 aromatic rings. The molecule has 0 aromatic heterocycles. The Kier molecular flexibility index (Phi) is 4.67. The highest BCUT2D eigenvalue weighted by Crippen LogP contribution is 2.44. The van der Waals surface area contributed by atoms with Crippen molar-refractivity contribution in [2.75, 3.05) is 6.54 Å². The fourth-order valence-electron chi connectivity index (χ4n) is 2.45. The van der Waals surface area contributed by atoms with Crippen LogP contribution >= 0.6 is 31.9 Å². The van der Waals surface area contributed by atoms with Gasteiger partial charge in [0.05, 0.1) is 0 Å². The van der Waals surface area contributed by atoms with E-state index in [-0.39, 0.29) is 0 Å². The van der Waals surface area contributed by atoms with Crippen LogP contribution in [0.1, 0.15) is 38.3 Å². The minimum atomic E-state index is 0.458. The van der Waals surface area contributed by atoms with Crippen LogP contribution in [0, 0.1) is 11.8 Å². The van der Waals surface area contributed by atoms with Crippen LogP contribution in [-0.2, 0) is 0 Å². The van der Waals surface area contributed by atoms with Crippen LogP contribution in [0.25, 0.3) is 0 Å². The van der Waals surface area contributed by atoms with Gasteiger partial charge in [0.25, 0.3) is 0 Å². The molecule has 17 heavy (non-hydrogen) atoms. The third kappa shape index (κ3) is 3.33. The highest BCUT2D eigenvalue weighted by atomic mass is 79.9. The number of halogens is 2. The van der Waals surface area contributed by atoms with Gasteiger partial charge in [0.15, 0.2) is 0 Å². The Morgan fingerprint density at radius 2 is 2.06 bits per heavy atom. The second-order valence-electron chi connectivity index (χ2n) is 4.90. The summed E-state index contributed by atoms with van der Waals surface area (Å²) in [5, 5.41) is 3.64. The van der Waals surface area contributed by atoms with Crippen molar-refractivity contribution in [2.24, 2.45) is 11.8 Å². The summed E-state index contributed by atoms with van der Waals surface area (Å²) in [5.74, 6) is 1.62. The molecule has 0 radical (unpaired) electrons. The first kappa shape index (κ1) is 13.6. The van der Waals surface area contributed by atoms with Gasteiger partial charge in [0.1, 0.15) is 0 Å². The largest absolute Gasteiger partial charge is 0.310 e. The summed E-state index contributed by atoms with van der Waals surface area (Å²) in [4.78, 5) is 0. The fourth-order valence-corrected chi connectivity index (χ4v) is 3.32. The van der Waals surface area contributed by atoms with Gasteiger partial charge in [0, 0.05) is 15.0 Å². The predicted molar refractivity (Wildman–Crippen MR) is 80.1 cm³/mol. The second kappa shape index (κ2) is 5.85. The minimum absolute atomic E-state index is 0.458. The van der Waals surface area contributed by atoms with Gasteiger partial charge in [-0.05, 0) is 55.0 Å². The van der Waals surface area contributed by atoms with E-state index in [4.69, 9.17) is 0 Å². The molecule has 0 aliphatic heterocycles. The first-order chi connectivity index (χ1) is 8.13.